The maximum Gasteiger partial charge on any atom is 0.228 e. The van der Waals surface area contributed by atoms with Crippen molar-refractivity contribution in [2.24, 2.45) is 0 Å². The number of rotatable bonds is 8. The summed E-state index contributed by atoms with van der Waals surface area (Å²) in [7, 11) is 0. The normalized spacial score (nSPS) is 14.6. The SMILES string of the molecule is CCOc1ccc(-c2cn3c(CC(=O)N4CCN(CCc5ccccc5)CC4)csc3n2)cc1. The van der Waals surface area contributed by atoms with Gasteiger partial charge in [0.25, 0.3) is 0 Å². The number of amides is 1. The molecule has 0 saturated carbocycles. The molecule has 0 aliphatic carbocycles. The first kappa shape index (κ1) is 22.6. The molecule has 0 spiro atoms. The van der Waals surface area contributed by atoms with Crippen LogP contribution in [0, 0.1) is 0 Å². The van der Waals surface area contributed by atoms with Gasteiger partial charge < -0.3 is 9.64 Å². The van der Waals surface area contributed by atoms with Crippen LogP contribution in [0.5, 0.6) is 5.75 Å². The zero-order chi connectivity index (χ0) is 23.3. The fourth-order valence-electron chi connectivity index (χ4n) is 4.40. The highest BCUT2D eigenvalue weighted by atomic mass is 32.1. The molecule has 2 aromatic carbocycles. The van der Waals surface area contributed by atoms with Gasteiger partial charge in [-0.15, -0.1) is 11.3 Å². The van der Waals surface area contributed by atoms with Crippen LogP contribution in [0.15, 0.2) is 66.2 Å². The number of carbonyl (C=O) groups is 1. The molecule has 5 rings (SSSR count). The summed E-state index contributed by atoms with van der Waals surface area (Å²) in [5, 5.41) is 2.05. The Labute approximate surface area is 204 Å². The Balaban J connectivity index is 1.17. The standard InChI is InChI=1S/C27H30N4O2S/c1-2-33-24-10-8-22(9-11-24)25-19-31-23(20-34-27(31)28-25)18-26(32)30-16-14-29(15-17-30)13-12-21-6-4-3-5-7-21/h3-11,19-20H,2,12-18H2,1H3. The van der Waals surface area contributed by atoms with E-state index in [9.17, 15) is 4.79 Å². The molecule has 0 unspecified atom stereocenters. The van der Waals surface area contributed by atoms with Crippen molar-refractivity contribution in [2.45, 2.75) is 19.8 Å². The van der Waals surface area contributed by atoms with E-state index in [1.54, 1.807) is 11.3 Å². The molecular weight excluding hydrogens is 444 g/mol. The number of carbonyl (C=O) groups excluding carboxylic acids is 1. The van der Waals surface area contributed by atoms with Crippen molar-refractivity contribution in [3.05, 3.63) is 77.4 Å². The molecule has 34 heavy (non-hydrogen) atoms. The molecule has 1 amide bonds. The first-order valence-corrected chi connectivity index (χ1v) is 12.8. The van der Waals surface area contributed by atoms with E-state index in [0.29, 0.717) is 13.0 Å². The Morgan fingerprint density at radius 2 is 1.79 bits per heavy atom. The fraction of sp³-hybridized carbons (Fsp3) is 0.333. The Kier molecular flexibility index (Phi) is 6.92. The molecule has 6 nitrogen and oxygen atoms in total. The van der Waals surface area contributed by atoms with Gasteiger partial charge in [-0.25, -0.2) is 4.98 Å². The number of hydrogen-bond donors (Lipinski definition) is 0. The van der Waals surface area contributed by atoms with Crippen molar-refractivity contribution in [3.8, 4) is 17.0 Å². The summed E-state index contributed by atoms with van der Waals surface area (Å²) >= 11 is 1.58. The average Bonchev–Trinajstić information content (AvgIpc) is 3.46. The molecule has 1 saturated heterocycles. The zero-order valence-corrected chi connectivity index (χ0v) is 20.3. The Morgan fingerprint density at radius 1 is 1.03 bits per heavy atom. The average molecular weight is 475 g/mol. The van der Waals surface area contributed by atoms with Gasteiger partial charge in [0.1, 0.15) is 5.75 Å². The molecule has 1 aliphatic heterocycles. The van der Waals surface area contributed by atoms with E-state index in [0.717, 1.165) is 66.8 Å². The Bertz CT molecular complexity index is 1220. The third-order valence-corrected chi connectivity index (χ3v) is 7.25. The number of piperazine rings is 1. The molecule has 0 bridgehead atoms. The summed E-state index contributed by atoms with van der Waals surface area (Å²) in [4.78, 5) is 23.2. The summed E-state index contributed by atoms with van der Waals surface area (Å²) in [6.07, 6.45) is 3.49. The van der Waals surface area contributed by atoms with Crippen LogP contribution < -0.4 is 4.74 Å². The van der Waals surface area contributed by atoms with Crippen molar-refractivity contribution in [3.63, 3.8) is 0 Å². The maximum absolute atomic E-state index is 13.0. The van der Waals surface area contributed by atoms with Crippen molar-refractivity contribution < 1.29 is 9.53 Å². The van der Waals surface area contributed by atoms with Gasteiger partial charge in [-0.1, -0.05) is 30.3 Å². The number of nitrogens with zero attached hydrogens (tertiary/aromatic N) is 4. The van der Waals surface area contributed by atoms with Crippen molar-refractivity contribution in [1.82, 2.24) is 19.2 Å². The molecule has 2 aromatic heterocycles. The van der Waals surface area contributed by atoms with Crippen LogP contribution in [0.3, 0.4) is 0 Å². The number of fused-ring (bicyclic) bond motifs is 1. The monoisotopic (exact) mass is 474 g/mol. The molecule has 1 aliphatic rings. The molecule has 4 aromatic rings. The second-order valence-corrected chi connectivity index (χ2v) is 9.43. The quantitative estimate of drug-likeness (QED) is 0.380. The van der Waals surface area contributed by atoms with Gasteiger partial charge in [0.2, 0.25) is 5.91 Å². The van der Waals surface area contributed by atoms with Gasteiger partial charge in [0.05, 0.1) is 18.7 Å². The summed E-state index contributed by atoms with van der Waals surface area (Å²) in [5.74, 6) is 1.05. The Morgan fingerprint density at radius 3 is 2.53 bits per heavy atom. The number of imidazole rings is 1. The first-order chi connectivity index (χ1) is 16.7. The second-order valence-electron chi connectivity index (χ2n) is 8.60. The van der Waals surface area contributed by atoms with Gasteiger partial charge in [-0.2, -0.15) is 0 Å². The lowest BCUT2D eigenvalue weighted by atomic mass is 10.1. The molecule has 0 radical (unpaired) electrons. The minimum atomic E-state index is 0.193. The van der Waals surface area contributed by atoms with Crippen LogP contribution in [-0.2, 0) is 17.6 Å². The first-order valence-electron chi connectivity index (χ1n) is 11.9. The van der Waals surface area contributed by atoms with Gasteiger partial charge in [0.15, 0.2) is 4.96 Å². The topological polar surface area (TPSA) is 50.1 Å². The molecule has 176 valence electrons. The molecule has 1 fully saturated rings. The van der Waals surface area contributed by atoms with Gasteiger partial charge in [-0.05, 0) is 43.2 Å². The van der Waals surface area contributed by atoms with E-state index >= 15 is 0 Å². The minimum Gasteiger partial charge on any atom is -0.494 e. The molecule has 7 heteroatoms. The largest absolute Gasteiger partial charge is 0.494 e. The molecule has 0 N–H and O–H groups in total. The summed E-state index contributed by atoms with van der Waals surface area (Å²) in [6.45, 7) is 7.13. The van der Waals surface area contributed by atoms with Crippen LogP contribution in [0.2, 0.25) is 0 Å². The Hall–Kier alpha value is -3.16. The zero-order valence-electron chi connectivity index (χ0n) is 19.5. The predicted molar refractivity (Wildman–Crippen MR) is 137 cm³/mol. The van der Waals surface area contributed by atoms with Crippen molar-refractivity contribution in [1.29, 1.82) is 0 Å². The van der Waals surface area contributed by atoms with Gasteiger partial charge in [0, 0.05) is 55.6 Å². The highest BCUT2D eigenvalue weighted by Crippen LogP contribution is 2.26. The molecule has 3 heterocycles. The van der Waals surface area contributed by atoms with Crippen LogP contribution >= 0.6 is 11.3 Å². The van der Waals surface area contributed by atoms with Crippen LogP contribution in [0.25, 0.3) is 16.2 Å². The summed E-state index contributed by atoms with van der Waals surface area (Å²) in [5.41, 5.74) is 4.33. The smallest absolute Gasteiger partial charge is 0.228 e. The van der Waals surface area contributed by atoms with Gasteiger partial charge >= 0.3 is 0 Å². The van der Waals surface area contributed by atoms with Crippen LogP contribution in [-0.4, -0.2) is 64.4 Å². The van der Waals surface area contributed by atoms with E-state index in [1.807, 2.05) is 42.3 Å². The number of ether oxygens (including phenoxy) is 1. The number of aromatic nitrogens is 2. The van der Waals surface area contributed by atoms with E-state index in [2.05, 4.69) is 45.0 Å². The molecular formula is C27H30N4O2S. The van der Waals surface area contributed by atoms with E-state index < -0.39 is 0 Å². The third kappa shape index (κ3) is 5.16. The lowest BCUT2D eigenvalue weighted by Gasteiger charge is -2.34. The second kappa shape index (κ2) is 10.4. The fourth-order valence-corrected chi connectivity index (χ4v) is 5.28. The lowest BCUT2D eigenvalue weighted by molar-refractivity contribution is -0.132. The van der Waals surface area contributed by atoms with Crippen LogP contribution in [0.1, 0.15) is 18.2 Å². The minimum absolute atomic E-state index is 0.193. The highest BCUT2D eigenvalue weighted by molar-refractivity contribution is 7.15. The van der Waals surface area contributed by atoms with Gasteiger partial charge in [-0.3, -0.25) is 14.1 Å². The summed E-state index contributed by atoms with van der Waals surface area (Å²) in [6, 6.07) is 18.6. The predicted octanol–water partition coefficient (Wildman–Crippen LogP) is 4.39. The van der Waals surface area contributed by atoms with E-state index in [-0.39, 0.29) is 5.91 Å². The highest BCUT2D eigenvalue weighted by Gasteiger charge is 2.22. The van der Waals surface area contributed by atoms with Crippen molar-refractivity contribution >= 4 is 22.2 Å². The van der Waals surface area contributed by atoms with E-state index in [4.69, 9.17) is 9.72 Å². The van der Waals surface area contributed by atoms with E-state index in [1.165, 1.54) is 5.56 Å². The summed E-state index contributed by atoms with van der Waals surface area (Å²) < 4.78 is 7.59. The number of hydrogen-bond acceptors (Lipinski definition) is 5. The van der Waals surface area contributed by atoms with Crippen molar-refractivity contribution in [2.75, 3.05) is 39.3 Å². The number of thiazole rings is 1. The lowest BCUT2D eigenvalue weighted by Crippen LogP contribution is -2.49. The van der Waals surface area contributed by atoms with Crippen LogP contribution in [0.4, 0.5) is 0 Å². The maximum atomic E-state index is 13.0. The third-order valence-electron chi connectivity index (χ3n) is 6.36. The number of benzene rings is 2. The molecule has 0 atom stereocenters.